The quantitative estimate of drug-likeness (QED) is 0.910. The molecule has 8 heteroatoms. The highest BCUT2D eigenvalue weighted by Gasteiger charge is 2.16. The van der Waals surface area contributed by atoms with Crippen LogP contribution in [0.2, 0.25) is 5.02 Å². The van der Waals surface area contributed by atoms with Crippen molar-refractivity contribution in [2.45, 2.75) is 4.90 Å². The zero-order valence-electron chi connectivity index (χ0n) is 9.47. The highest BCUT2D eigenvalue weighted by molar-refractivity contribution is 7.92. The highest BCUT2D eigenvalue weighted by Crippen LogP contribution is 2.25. The molecule has 5 nitrogen and oxygen atoms in total. The minimum atomic E-state index is -3.90. The minimum absolute atomic E-state index is 0.0444. The third kappa shape index (κ3) is 3.12. The monoisotopic (exact) mass is 301 g/mol. The van der Waals surface area contributed by atoms with Crippen molar-refractivity contribution in [3.8, 4) is 0 Å². The average Bonchev–Trinajstić information content (AvgIpc) is 2.33. The van der Waals surface area contributed by atoms with Crippen molar-refractivity contribution < 1.29 is 12.8 Å². The first kappa shape index (κ1) is 13.6. The molecule has 0 aliphatic heterocycles. The molecule has 0 fully saturated rings. The van der Waals surface area contributed by atoms with E-state index >= 15 is 0 Å². The van der Waals surface area contributed by atoms with E-state index in [4.69, 9.17) is 17.3 Å². The lowest BCUT2D eigenvalue weighted by Gasteiger charge is -2.09. The van der Waals surface area contributed by atoms with Crippen molar-refractivity contribution in [3.05, 3.63) is 47.4 Å². The highest BCUT2D eigenvalue weighted by atomic mass is 35.5. The number of aromatic nitrogens is 1. The molecule has 0 atom stereocenters. The number of nitrogens with two attached hydrogens (primary N) is 1. The summed E-state index contributed by atoms with van der Waals surface area (Å²) in [7, 11) is -3.90. The molecule has 1 aromatic carbocycles. The smallest absolute Gasteiger partial charge is 0.262 e. The molecule has 1 heterocycles. The van der Waals surface area contributed by atoms with Gasteiger partial charge in [-0.2, -0.15) is 0 Å². The summed E-state index contributed by atoms with van der Waals surface area (Å²) < 4.78 is 39.3. The Labute approximate surface area is 114 Å². The van der Waals surface area contributed by atoms with E-state index in [0.29, 0.717) is 0 Å². The van der Waals surface area contributed by atoms with Crippen LogP contribution in [0.15, 0.2) is 41.4 Å². The molecule has 0 saturated heterocycles. The molecule has 0 radical (unpaired) electrons. The molecule has 3 N–H and O–H groups in total. The molecule has 0 aliphatic rings. The Balaban J connectivity index is 2.39. The van der Waals surface area contributed by atoms with Crippen molar-refractivity contribution in [3.63, 3.8) is 0 Å². The molecular weight excluding hydrogens is 293 g/mol. The van der Waals surface area contributed by atoms with Gasteiger partial charge in [0.2, 0.25) is 0 Å². The second-order valence-corrected chi connectivity index (χ2v) is 5.74. The molecule has 0 saturated carbocycles. The molecule has 0 bridgehead atoms. The van der Waals surface area contributed by atoms with Crippen molar-refractivity contribution in [2.24, 2.45) is 0 Å². The zero-order valence-corrected chi connectivity index (χ0v) is 11.0. The number of hydrogen-bond acceptors (Lipinski definition) is 4. The Bertz CT molecular complexity index is 722. The average molecular weight is 302 g/mol. The third-order valence-electron chi connectivity index (χ3n) is 2.24. The number of benzene rings is 1. The van der Waals surface area contributed by atoms with Crippen molar-refractivity contribution in [2.75, 3.05) is 10.5 Å². The first-order valence-electron chi connectivity index (χ1n) is 5.08. The number of sulfonamides is 1. The van der Waals surface area contributed by atoms with E-state index in [1.807, 2.05) is 0 Å². The number of pyridine rings is 1. The van der Waals surface area contributed by atoms with Gasteiger partial charge in [-0.15, -0.1) is 0 Å². The topological polar surface area (TPSA) is 85.1 Å². The van der Waals surface area contributed by atoms with E-state index in [2.05, 4.69) is 9.71 Å². The summed E-state index contributed by atoms with van der Waals surface area (Å²) >= 11 is 5.79. The maximum absolute atomic E-state index is 13.1. The van der Waals surface area contributed by atoms with Gasteiger partial charge >= 0.3 is 0 Å². The third-order valence-corrected chi connectivity index (χ3v) is 3.93. The van der Waals surface area contributed by atoms with Gasteiger partial charge in [0.1, 0.15) is 11.6 Å². The fourth-order valence-electron chi connectivity index (χ4n) is 1.37. The van der Waals surface area contributed by atoms with E-state index in [9.17, 15) is 12.8 Å². The Hall–Kier alpha value is -1.86. The second kappa shape index (κ2) is 5.02. The van der Waals surface area contributed by atoms with E-state index in [1.165, 1.54) is 24.4 Å². The maximum Gasteiger partial charge on any atom is 0.262 e. The van der Waals surface area contributed by atoms with Crippen LogP contribution in [0.1, 0.15) is 0 Å². The Morgan fingerprint density at radius 2 is 2.00 bits per heavy atom. The fourth-order valence-corrected chi connectivity index (χ4v) is 2.69. The van der Waals surface area contributed by atoms with Crippen LogP contribution in [-0.2, 0) is 10.0 Å². The predicted octanol–water partition coefficient (Wildman–Crippen LogP) is 2.26. The van der Waals surface area contributed by atoms with Crippen LogP contribution in [0.25, 0.3) is 0 Å². The van der Waals surface area contributed by atoms with Crippen LogP contribution < -0.4 is 10.5 Å². The summed E-state index contributed by atoms with van der Waals surface area (Å²) in [6.45, 7) is 0. The van der Waals surface area contributed by atoms with Crippen molar-refractivity contribution >= 4 is 33.1 Å². The number of nitrogen functional groups attached to an aromatic ring is 1. The number of nitrogens with zero attached hydrogens (tertiary/aromatic N) is 1. The van der Waals surface area contributed by atoms with Gasteiger partial charge in [-0.05, 0) is 24.3 Å². The van der Waals surface area contributed by atoms with Gasteiger partial charge in [-0.3, -0.25) is 4.72 Å². The zero-order chi connectivity index (χ0) is 14.0. The van der Waals surface area contributed by atoms with Gasteiger partial charge in [0.25, 0.3) is 10.0 Å². The number of anilines is 2. The van der Waals surface area contributed by atoms with Gasteiger partial charge in [-0.25, -0.2) is 17.8 Å². The Morgan fingerprint density at radius 1 is 1.26 bits per heavy atom. The van der Waals surface area contributed by atoms with E-state index in [0.717, 1.165) is 12.1 Å². The summed E-state index contributed by atoms with van der Waals surface area (Å²) in [5.74, 6) is -0.537. The lowest BCUT2D eigenvalue weighted by Crippen LogP contribution is -2.14. The SMILES string of the molecule is Nc1cc(S(=O)(=O)Nc2cc(F)ccc2Cl)ccn1. The molecule has 100 valence electrons. The summed E-state index contributed by atoms with van der Waals surface area (Å²) in [5, 5.41) is 0.0898. The number of halogens is 2. The maximum atomic E-state index is 13.1. The van der Waals surface area contributed by atoms with Crippen molar-refractivity contribution in [1.29, 1.82) is 0 Å². The lowest BCUT2D eigenvalue weighted by atomic mass is 10.3. The molecule has 0 amide bonds. The van der Waals surface area contributed by atoms with Gasteiger partial charge in [0.05, 0.1) is 15.6 Å². The number of rotatable bonds is 3. The number of nitrogens with one attached hydrogen (secondary N) is 1. The van der Waals surface area contributed by atoms with E-state index < -0.39 is 15.8 Å². The molecule has 0 unspecified atom stereocenters. The molecular formula is C11H9ClFN3O2S. The summed E-state index contributed by atoms with van der Waals surface area (Å²) in [5.41, 5.74) is 5.37. The molecule has 0 spiro atoms. The van der Waals surface area contributed by atoms with Gasteiger partial charge < -0.3 is 5.73 Å². The van der Waals surface area contributed by atoms with Gasteiger partial charge in [-0.1, -0.05) is 11.6 Å². The minimum Gasteiger partial charge on any atom is -0.384 e. The largest absolute Gasteiger partial charge is 0.384 e. The van der Waals surface area contributed by atoms with Crippen LogP contribution in [0, 0.1) is 5.82 Å². The molecule has 19 heavy (non-hydrogen) atoms. The van der Waals surface area contributed by atoms with Gasteiger partial charge in [0.15, 0.2) is 0 Å². The Kier molecular flexibility index (Phi) is 3.59. The molecule has 1 aromatic heterocycles. The normalized spacial score (nSPS) is 11.3. The molecule has 2 rings (SSSR count). The van der Waals surface area contributed by atoms with Crippen LogP contribution in [0.3, 0.4) is 0 Å². The summed E-state index contributed by atoms with van der Waals surface area (Å²) in [6.07, 6.45) is 1.26. The van der Waals surface area contributed by atoms with E-state index in [-0.39, 0.29) is 21.4 Å². The number of hydrogen-bond donors (Lipinski definition) is 2. The summed E-state index contributed by atoms with van der Waals surface area (Å²) in [4.78, 5) is 3.61. The Morgan fingerprint density at radius 3 is 2.68 bits per heavy atom. The van der Waals surface area contributed by atoms with Crippen LogP contribution >= 0.6 is 11.6 Å². The van der Waals surface area contributed by atoms with E-state index in [1.54, 1.807) is 0 Å². The van der Waals surface area contributed by atoms with Crippen LogP contribution in [0.4, 0.5) is 15.9 Å². The predicted molar refractivity (Wildman–Crippen MR) is 70.9 cm³/mol. The summed E-state index contributed by atoms with van der Waals surface area (Å²) in [6, 6.07) is 5.84. The molecule has 2 aromatic rings. The van der Waals surface area contributed by atoms with Crippen molar-refractivity contribution in [1.82, 2.24) is 4.98 Å². The van der Waals surface area contributed by atoms with Crippen LogP contribution in [0.5, 0.6) is 0 Å². The molecule has 0 aliphatic carbocycles. The lowest BCUT2D eigenvalue weighted by molar-refractivity contribution is 0.601. The first-order valence-corrected chi connectivity index (χ1v) is 6.94. The van der Waals surface area contributed by atoms with Crippen LogP contribution in [-0.4, -0.2) is 13.4 Å². The standard InChI is InChI=1S/C11H9ClFN3O2S/c12-9-2-1-7(13)5-10(9)16-19(17,18)8-3-4-15-11(14)6-8/h1-6,16H,(H2,14,15). The first-order chi connectivity index (χ1) is 8.88. The second-order valence-electron chi connectivity index (χ2n) is 3.65. The fraction of sp³-hybridized carbons (Fsp3) is 0. The van der Waals surface area contributed by atoms with Gasteiger partial charge in [0, 0.05) is 12.3 Å².